The van der Waals surface area contributed by atoms with Crippen molar-refractivity contribution in [3.05, 3.63) is 12.1 Å². The Balaban J connectivity index is 2.86. The molecule has 0 bridgehead atoms. The van der Waals surface area contributed by atoms with Gasteiger partial charge in [-0.1, -0.05) is 0 Å². The summed E-state index contributed by atoms with van der Waals surface area (Å²) in [4.78, 5) is 11.3. The number of ether oxygens (including phenoxy) is 6. The second-order valence-electron chi connectivity index (χ2n) is 4.28. The molecule has 0 radical (unpaired) electrons. The van der Waals surface area contributed by atoms with Crippen LogP contribution in [0.3, 0.4) is 0 Å². The molecule has 7 heteroatoms. The third-order valence-electron chi connectivity index (χ3n) is 3.05. The van der Waals surface area contributed by atoms with E-state index < -0.39 is 6.10 Å². The van der Waals surface area contributed by atoms with Crippen molar-refractivity contribution >= 4 is 5.97 Å². The Bertz CT molecular complexity index is 487. The Labute approximate surface area is 130 Å². The molecule has 0 aliphatic rings. The lowest BCUT2D eigenvalue weighted by Gasteiger charge is -2.19. The zero-order valence-electron chi connectivity index (χ0n) is 13.5. The molecule has 0 aromatic heterocycles. The van der Waals surface area contributed by atoms with E-state index >= 15 is 0 Å². The molecule has 0 heterocycles. The minimum Gasteiger partial charge on any atom is -0.493 e. The Kier molecular flexibility index (Phi) is 7.31. The van der Waals surface area contributed by atoms with E-state index in [0.29, 0.717) is 23.0 Å². The summed E-state index contributed by atoms with van der Waals surface area (Å²) in [7, 11) is 7.39. The van der Waals surface area contributed by atoms with E-state index in [2.05, 4.69) is 4.74 Å². The lowest BCUT2D eigenvalue weighted by molar-refractivity contribution is -0.143. The van der Waals surface area contributed by atoms with Gasteiger partial charge in [0.2, 0.25) is 11.5 Å². The molecule has 0 N–H and O–H groups in total. The molecular weight excluding hydrogens is 292 g/mol. The molecule has 0 saturated carbocycles. The summed E-state index contributed by atoms with van der Waals surface area (Å²) in [5.41, 5.74) is 0. The minimum atomic E-state index is -0.426. The van der Waals surface area contributed by atoms with E-state index in [4.69, 9.17) is 23.7 Å². The van der Waals surface area contributed by atoms with Crippen LogP contribution >= 0.6 is 0 Å². The van der Waals surface area contributed by atoms with Crippen LogP contribution in [0.5, 0.6) is 23.0 Å². The number of carbonyl (C=O) groups is 1. The first-order valence-electron chi connectivity index (χ1n) is 6.62. The molecule has 1 rings (SSSR count). The molecule has 0 aliphatic carbocycles. The molecule has 1 unspecified atom stereocenters. The van der Waals surface area contributed by atoms with E-state index in [-0.39, 0.29) is 19.0 Å². The standard InChI is InChI=1S/C15H22O7/c1-17-10(8-13(16)19-3)9-22-12-7-6-11(18-2)14(20-4)15(12)21-5/h6-7,10H,8-9H2,1-5H3. The van der Waals surface area contributed by atoms with Gasteiger partial charge in [-0.05, 0) is 12.1 Å². The first-order chi connectivity index (χ1) is 10.6. The number of hydrogen-bond acceptors (Lipinski definition) is 7. The van der Waals surface area contributed by atoms with Crippen LogP contribution in [0.4, 0.5) is 0 Å². The monoisotopic (exact) mass is 314 g/mol. The number of esters is 1. The summed E-state index contributed by atoms with van der Waals surface area (Å²) in [5.74, 6) is 1.48. The molecule has 0 fully saturated rings. The van der Waals surface area contributed by atoms with Gasteiger partial charge in [0.15, 0.2) is 11.5 Å². The average molecular weight is 314 g/mol. The molecule has 0 amide bonds. The van der Waals surface area contributed by atoms with E-state index in [1.54, 1.807) is 12.1 Å². The highest BCUT2D eigenvalue weighted by Crippen LogP contribution is 2.43. The molecule has 1 atom stereocenters. The van der Waals surface area contributed by atoms with Crippen molar-refractivity contribution < 1.29 is 33.2 Å². The van der Waals surface area contributed by atoms with E-state index in [1.165, 1.54) is 35.5 Å². The van der Waals surface area contributed by atoms with Crippen molar-refractivity contribution in [3.63, 3.8) is 0 Å². The number of methoxy groups -OCH3 is 5. The molecule has 124 valence electrons. The van der Waals surface area contributed by atoms with Gasteiger partial charge < -0.3 is 28.4 Å². The Morgan fingerprint density at radius 3 is 2.05 bits per heavy atom. The largest absolute Gasteiger partial charge is 0.493 e. The zero-order chi connectivity index (χ0) is 16.5. The summed E-state index contributed by atoms with van der Waals surface area (Å²) in [6, 6.07) is 3.41. The third kappa shape index (κ3) is 4.42. The molecule has 0 aliphatic heterocycles. The van der Waals surface area contributed by atoms with Gasteiger partial charge in [-0.25, -0.2) is 0 Å². The second-order valence-corrected chi connectivity index (χ2v) is 4.28. The summed E-state index contributed by atoms with van der Waals surface area (Å²) in [6.07, 6.45) is -0.326. The lowest BCUT2D eigenvalue weighted by atomic mass is 10.2. The van der Waals surface area contributed by atoms with Gasteiger partial charge in [0.25, 0.3) is 0 Å². The fraction of sp³-hybridized carbons (Fsp3) is 0.533. The topological polar surface area (TPSA) is 72.5 Å². The third-order valence-corrected chi connectivity index (χ3v) is 3.05. The van der Waals surface area contributed by atoms with Crippen LogP contribution in [0, 0.1) is 0 Å². The molecule has 0 spiro atoms. The Morgan fingerprint density at radius 1 is 0.955 bits per heavy atom. The summed E-state index contributed by atoms with van der Waals surface area (Å²) >= 11 is 0. The van der Waals surface area contributed by atoms with Crippen LogP contribution in [-0.4, -0.2) is 54.2 Å². The fourth-order valence-corrected chi connectivity index (χ4v) is 1.85. The highest BCUT2D eigenvalue weighted by molar-refractivity contribution is 5.69. The summed E-state index contributed by atoms with van der Waals surface area (Å²) in [5, 5.41) is 0. The molecule has 1 aromatic carbocycles. The Morgan fingerprint density at radius 2 is 1.55 bits per heavy atom. The first kappa shape index (κ1) is 17.9. The molecule has 22 heavy (non-hydrogen) atoms. The predicted molar refractivity (Wildman–Crippen MR) is 79.0 cm³/mol. The van der Waals surface area contributed by atoms with E-state index in [1.807, 2.05) is 0 Å². The Hall–Kier alpha value is -2.15. The zero-order valence-corrected chi connectivity index (χ0v) is 13.5. The fourth-order valence-electron chi connectivity index (χ4n) is 1.85. The van der Waals surface area contributed by atoms with Crippen molar-refractivity contribution in [2.24, 2.45) is 0 Å². The molecule has 7 nitrogen and oxygen atoms in total. The van der Waals surface area contributed by atoms with Gasteiger partial charge >= 0.3 is 5.97 Å². The molecular formula is C15H22O7. The summed E-state index contributed by atoms with van der Waals surface area (Å²) in [6.45, 7) is 0.164. The van der Waals surface area contributed by atoms with E-state index in [9.17, 15) is 4.79 Å². The van der Waals surface area contributed by atoms with Gasteiger partial charge in [0.05, 0.1) is 34.9 Å². The SMILES string of the molecule is COC(=O)CC(COc1ccc(OC)c(OC)c1OC)OC. The number of carbonyl (C=O) groups excluding carboxylic acids is 1. The van der Waals surface area contributed by atoms with Gasteiger partial charge in [0.1, 0.15) is 12.7 Å². The van der Waals surface area contributed by atoms with Gasteiger partial charge in [0, 0.05) is 7.11 Å². The maximum Gasteiger partial charge on any atom is 0.308 e. The van der Waals surface area contributed by atoms with Gasteiger partial charge in [-0.3, -0.25) is 4.79 Å². The normalized spacial score (nSPS) is 11.5. The number of benzene rings is 1. The maximum absolute atomic E-state index is 11.3. The minimum absolute atomic E-state index is 0.0998. The number of hydrogen-bond donors (Lipinski definition) is 0. The van der Waals surface area contributed by atoms with Crippen LogP contribution in [0.25, 0.3) is 0 Å². The van der Waals surface area contributed by atoms with Gasteiger partial charge in [-0.2, -0.15) is 0 Å². The van der Waals surface area contributed by atoms with Crippen LogP contribution < -0.4 is 18.9 Å². The van der Waals surface area contributed by atoms with Crippen LogP contribution in [-0.2, 0) is 14.3 Å². The average Bonchev–Trinajstić information content (AvgIpc) is 2.56. The van der Waals surface area contributed by atoms with Crippen molar-refractivity contribution in [2.45, 2.75) is 12.5 Å². The van der Waals surface area contributed by atoms with Crippen molar-refractivity contribution in [1.82, 2.24) is 0 Å². The molecule has 0 saturated heterocycles. The molecule has 1 aromatic rings. The number of rotatable bonds is 9. The van der Waals surface area contributed by atoms with E-state index in [0.717, 1.165) is 0 Å². The van der Waals surface area contributed by atoms with Crippen LogP contribution in [0.15, 0.2) is 12.1 Å². The quantitative estimate of drug-likeness (QED) is 0.642. The predicted octanol–water partition coefficient (Wildman–Crippen LogP) is 1.67. The van der Waals surface area contributed by atoms with Crippen LogP contribution in [0.2, 0.25) is 0 Å². The second kappa shape index (κ2) is 8.99. The smallest absolute Gasteiger partial charge is 0.308 e. The first-order valence-corrected chi connectivity index (χ1v) is 6.62. The van der Waals surface area contributed by atoms with Crippen molar-refractivity contribution in [1.29, 1.82) is 0 Å². The highest BCUT2D eigenvalue weighted by atomic mass is 16.6. The summed E-state index contributed by atoms with van der Waals surface area (Å²) < 4.78 is 31.3. The van der Waals surface area contributed by atoms with Gasteiger partial charge in [-0.15, -0.1) is 0 Å². The van der Waals surface area contributed by atoms with Crippen molar-refractivity contribution in [2.75, 3.05) is 42.2 Å². The maximum atomic E-state index is 11.3. The highest BCUT2D eigenvalue weighted by Gasteiger charge is 2.19. The van der Waals surface area contributed by atoms with Crippen molar-refractivity contribution in [3.8, 4) is 23.0 Å². The lowest BCUT2D eigenvalue weighted by Crippen LogP contribution is -2.24. The van der Waals surface area contributed by atoms with Crippen LogP contribution in [0.1, 0.15) is 6.42 Å².